The monoisotopic (exact) mass is 200 g/mol. The summed E-state index contributed by atoms with van der Waals surface area (Å²) in [6.07, 6.45) is 2.92. The van der Waals surface area contributed by atoms with Gasteiger partial charge in [-0.05, 0) is 44.9 Å². The van der Waals surface area contributed by atoms with Crippen molar-refractivity contribution < 1.29 is 9.18 Å². The van der Waals surface area contributed by atoms with Gasteiger partial charge >= 0.3 is 0 Å². The third kappa shape index (κ3) is 2.79. The molecule has 0 saturated heterocycles. The van der Waals surface area contributed by atoms with Gasteiger partial charge in [0.2, 0.25) is 0 Å². The van der Waals surface area contributed by atoms with Crippen molar-refractivity contribution in [2.75, 3.05) is 0 Å². The molecule has 0 radical (unpaired) electrons. The number of Topliss-reactive ketones (excluding diaryl/α,β-unsaturated/α-hetero) is 1. The molecule has 82 valence electrons. The van der Waals surface area contributed by atoms with Gasteiger partial charge in [-0.15, -0.1) is 0 Å². The summed E-state index contributed by atoms with van der Waals surface area (Å²) in [5.41, 5.74) is -1.65. The molecule has 0 aromatic heterocycles. The maximum atomic E-state index is 13.5. The minimum atomic E-state index is -1.65. The largest absolute Gasteiger partial charge is 0.296 e. The average molecular weight is 200 g/mol. The molecular formula is C12H21FO. The van der Waals surface area contributed by atoms with E-state index >= 15 is 0 Å². The smallest absolute Gasteiger partial charge is 0.172 e. The van der Waals surface area contributed by atoms with Gasteiger partial charge in [-0.1, -0.05) is 13.8 Å². The summed E-state index contributed by atoms with van der Waals surface area (Å²) in [4.78, 5) is 11.7. The minimum Gasteiger partial charge on any atom is -0.296 e. The molecule has 14 heavy (non-hydrogen) atoms. The van der Waals surface area contributed by atoms with Crippen LogP contribution in [0.25, 0.3) is 0 Å². The van der Waals surface area contributed by atoms with Crippen molar-refractivity contribution in [3.63, 3.8) is 0 Å². The van der Waals surface area contributed by atoms with Crippen LogP contribution in [-0.4, -0.2) is 11.5 Å². The Morgan fingerprint density at radius 2 is 1.57 bits per heavy atom. The Kier molecular flexibility index (Phi) is 3.33. The molecule has 1 nitrogen and oxygen atoms in total. The second-order valence-corrected chi connectivity index (χ2v) is 5.45. The van der Waals surface area contributed by atoms with Gasteiger partial charge < -0.3 is 0 Å². The van der Waals surface area contributed by atoms with Crippen LogP contribution in [0.15, 0.2) is 0 Å². The molecule has 2 atom stereocenters. The average Bonchev–Trinajstić information content (AvgIpc) is 1.99. The summed E-state index contributed by atoms with van der Waals surface area (Å²) >= 11 is 0. The molecule has 0 amide bonds. The lowest BCUT2D eigenvalue weighted by Gasteiger charge is -2.32. The van der Waals surface area contributed by atoms with Crippen LogP contribution in [0.1, 0.15) is 47.0 Å². The van der Waals surface area contributed by atoms with Crippen LogP contribution < -0.4 is 0 Å². The van der Waals surface area contributed by atoms with E-state index in [0.29, 0.717) is 11.8 Å². The van der Waals surface area contributed by atoms with Crippen molar-refractivity contribution in [1.29, 1.82) is 0 Å². The first-order valence-corrected chi connectivity index (χ1v) is 5.54. The SMILES string of the molecule is CC1CC(C)CC(C(=O)C(C)(C)F)C1. The van der Waals surface area contributed by atoms with E-state index < -0.39 is 5.67 Å². The highest BCUT2D eigenvalue weighted by atomic mass is 19.1. The standard InChI is InChI=1S/C12H21FO/c1-8-5-9(2)7-10(6-8)11(14)12(3,4)13/h8-10H,5-7H2,1-4H3. The Morgan fingerprint density at radius 1 is 1.14 bits per heavy atom. The van der Waals surface area contributed by atoms with Gasteiger partial charge in [0.05, 0.1) is 0 Å². The predicted molar refractivity (Wildman–Crippen MR) is 55.9 cm³/mol. The Balaban J connectivity index is 2.64. The van der Waals surface area contributed by atoms with Gasteiger partial charge in [-0.25, -0.2) is 4.39 Å². The summed E-state index contributed by atoms with van der Waals surface area (Å²) in [6, 6.07) is 0. The number of alkyl halides is 1. The Hall–Kier alpha value is -0.400. The second-order valence-electron chi connectivity index (χ2n) is 5.45. The number of halogens is 1. The summed E-state index contributed by atoms with van der Waals surface area (Å²) in [5, 5.41) is 0. The van der Waals surface area contributed by atoms with Crippen LogP contribution in [0.3, 0.4) is 0 Å². The van der Waals surface area contributed by atoms with Crippen LogP contribution in [0.5, 0.6) is 0 Å². The first kappa shape index (κ1) is 11.7. The van der Waals surface area contributed by atoms with Crippen molar-refractivity contribution in [1.82, 2.24) is 0 Å². The molecule has 0 bridgehead atoms. The fraction of sp³-hybridized carbons (Fsp3) is 0.917. The van der Waals surface area contributed by atoms with E-state index in [1.54, 1.807) is 0 Å². The fourth-order valence-electron chi connectivity index (χ4n) is 2.65. The molecule has 0 aromatic carbocycles. The molecule has 1 fully saturated rings. The lowest BCUT2D eigenvalue weighted by molar-refractivity contribution is -0.134. The van der Waals surface area contributed by atoms with E-state index in [4.69, 9.17) is 0 Å². The first-order chi connectivity index (χ1) is 6.30. The maximum absolute atomic E-state index is 13.5. The normalized spacial score (nSPS) is 34.2. The molecule has 0 aliphatic heterocycles. The molecule has 1 rings (SSSR count). The lowest BCUT2D eigenvalue weighted by Crippen LogP contribution is -2.36. The quantitative estimate of drug-likeness (QED) is 0.668. The molecule has 0 aromatic rings. The zero-order chi connectivity index (χ0) is 10.9. The maximum Gasteiger partial charge on any atom is 0.172 e. The van der Waals surface area contributed by atoms with Crippen LogP contribution >= 0.6 is 0 Å². The van der Waals surface area contributed by atoms with Gasteiger partial charge in [0.1, 0.15) is 0 Å². The molecule has 1 aliphatic rings. The van der Waals surface area contributed by atoms with Gasteiger partial charge in [-0.2, -0.15) is 0 Å². The van der Waals surface area contributed by atoms with Gasteiger partial charge in [0, 0.05) is 5.92 Å². The van der Waals surface area contributed by atoms with E-state index in [-0.39, 0.29) is 11.7 Å². The zero-order valence-corrected chi connectivity index (χ0v) is 9.64. The number of hydrogen-bond donors (Lipinski definition) is 0. The van der Waals surface area contributed by atoms with Gasteiger partial charge in [-0.3, -0.25) is 4.79 Å². The highest BCUT2D eigenvalue weighted by molar-refractivity contribution is 5.88. The molecule has 2 unspecified atom stereocenters. The van der Waals surface area contributed by atoms with E-state index in [2.05, 4.69) is 13.8 Å². The number of hydrogen-bond acceptors (Lipinski definition) is 1. The van der Waals surface area contributed by atoms with Crippen molar-refractivity contribution in [2.45, 2.75) is 52.6 Å². The number of carbonyl (C=O) groups excluding carboxylic acids is 1. The van der Waals surface area contributed by atoms with Gasteiger partial charge in [0.15, 0.2) is 11.5 Å². The van der Waals surface area contributed by atoms with E-state index in [9.17, 15) is 9.18 Å². The number of carbonyl (C=O) groups is 1. The Bertz CT molecular complexity index is 207. The van der Waals surface area contributed by atoms with Crippen LogP contribution in [0.4, 0.5) is 4.39 Å². The van der Waals surface area contributed by atoms with E-state index in [1.807, 2.05) is 0 Å². The van der Waals surface area contributed by atoms with Crippen molar-refractivity contribution in [2.24, 2.45) is 17.8 Å². The summed E-state index contributed by atoms with van der Waals surface area (Å²) in [6.45, 7) is 7.06. The summed E-state index contributed by atoms with van der Waals surface area (Å²) < 4.78 is 13.5. The van der Waals surface area contributed by atoms with Crippen LogP contribution in [-0.2, 0) is 4.79 Å². The molecule has 0 N–H and O–H groups in total. The summed E-state index contributed by atoms with van der Waals surface area (Å²) in [5.74, 6) is 0.884. The van der Waals surface area contributed by atoms with Gasteiger partial charge in [0.25, 0.3) is 0 Å². The van der Waals surface area contributed by atoms with E-state index in [0.717, 1.165) is 12.8 Å². The van der Waals surface area contributed by atoms with Crippen LogP contribution in [0, 0.1) is 17.8 Å². The minimum absolute atomic E-state index is 0.0475. The van der Waals surface area contributed by atoms with E-state index in [1.165, 1.54) is 20.3 Å². The highest BCUT2D eigenvalue weighted by Crippen LogP contribution is 2.35. The molecule has 1 aliphatic carbocycles. The molecule has 1 saturated carbocycles. The molecule has 0 spiro atoms. The first-order valence-electron chi connectivity index (χ1n) is 5.54. The third-order valence-electron chi connectivity index (χ3n) is 3.14. The van der Waals surface area contributed by atoms with Crippen molar-refractivity contribution in [3.05, 3.63) is 0 Å². The van der Waals surface area contributed by atoms with Crippen LogP contribution in [0.2, 0.25) is 0 Å². The molecule has 0 heterocycles. The second kappa shape index (κ2) is 4.00. The third-order valence-corrected chi connectivity index (χ3v) is 3.14. The van der Waals surface area contributed by atoms with Crippen molar-refractivity contribution >= 4 is 5.78 Å². The predicted octanol–water partition coefficient (Wildman–Crippen LogP) is 3.38. The number of ketones is 1. The highest BCUT2D eigenvalue weighted by Gasteiger charge is 2.37. The summed E-state index contributed by atoms with van der Waals surface area (Å²) in [7, 11) is 0. The fourth-order valence-corrected chi connectivity index (χ4v) is 2.65. The van der Waals surface area contributed by atoms with Crippen molar-refractivity contribution in [3.8, 4) is 0 Å². The topological polar surface area (TPSA) is 17.1 Å². The number of rotatable bonds is 2. The zero-order valence-electron chi connectivity index (χ0n) is 9.64. The lowest BCUT2D eigenvalue weighted by atomic mass is 9.73. The molecule has 2 heteroatoms. The Labute approximate surface area is 86.1 Å². The Morgan fingerprint density at radius 3 is 1.93 bits per heavy atom. The molecular weight excluding hydrogens is 179 g/mol.